The minimum absolute atomic E-state index is 0.651. The highest BCUT2D eigenvalue weighted by Crippen LogP contribution is 2.47. The van der Waals surface area contributed by atoms with Gasteiger partial charge in [-0.3, -0.25) is 0 Å². The Kier molecular flexibility index (Phi) is 3.75. The van der Waals surface area contributed by atoms with Gasteiger partial charge in [-0.15, -0.1) is 0 Å². The van der Waals surface area contributed by atoms with E-state index in [4.69, 9.17) is 4.42 Å². The summed E-state index contributed by atoms with van der Waals surface area (Å²) in [7, 11) is 0. The number of hydrogen-bond donors (Lipinski definition) is 1. The predicted octanol–water partition coefficient (Wildman–Crippen LogP) is 3.88. The Bertz CT molecular complexity index is 758. The summed E-state index contributed by atoms with van der Waals surface area (Å²) in [4.78, 5) is 0. The maximum Gasteiger partial charge on any atom is 0.117 e. The lowest BCUT2D eigenvalue weighted by molar-refractivity contribution is 0.444. The van der Waals surface area contributed by atoms with Gasteiger partial charge >= 0.3 is 0 Å². The molecule has 0 amide bonds. The molecule has 0 saturated heterocycles. The molecule has 1 fully saturated rings. The molecule has 0 radical (unpaired) electrons. The Hall–Kier alpha value is -2.33. The fraction of sp³-hybridized carbons (Fsp3) is 0.316. The van der Waals surface area contributed by atoms with Gasteiger partial charge in [-0.2, -0.15) is 5.10 Å². The van der Waals surface area contributed by atoms with E-state index in [2.05, 4.69) is 53.7 Å². The highest BCUT2D eigenvalue weighted by Gasteiger charge is 2.36. The van der Waals surface area contributed by atoms with Gasteiger partial charge in [0.1, 0.15) is 11.5 Å². The molecule has 1 aliphatic carbocycles. The molecule has 2 aromatic heterocycles. The zero-order valence-electron chi connectivity index (χ0n) is 13.3. The monoisotopic (exact) mass is 307 g/mol. The summed E-state index contributed by atoms with van der Waals surface area (Å²) in [5.41, 5.74) is 2.33. The van der Waals surface area contributed by atoms with Gasteiger partial charge in [-0.25, -0.2) is 4.68 Å². The van der Waals surface area contributed by atoms with Crippen LogP contribution in [0.5, 0.6) is 0 Å². The first-order valence-corrected chi connectivity index (χ1v) is 8.18. The van der Waals surface area contributed by atoms with Crippen LogP contribution in [-0.2, 0) is 13.1 Å². The van der Waals surface area contributed by atoms with Gasteiger partial charge in [-0.1, -0.05) is 19.1 Å². The molecule has 1 saturated carbocycles. The van der Waals surface area contributed by atoms with E-state index in [1.165, 1.54) is 12.0 Å². The highest BCUT2D eigenvalue weighted by molar-refractivity contribution is 5.33. The van der Waals surface area contributed by atoms with Crippen LogP contribution in [0.3, 0.4) is 0 Å². The Morgan fingerprint density at radius 2 is 2.00 bits per heavy atom. The zero-order valence-corrected chi connectivity index (χ0v) is 13.3. The number of hydrogen-bond acceptors (Lipinski definition) is 3. The molecule has 1 aliphatic rings. The topological polar surface area (TPSA) is 43.0 Å². The lowest BCUT2D eigenvalue weighted by Crippen LogP contribution is -2.12. The number of nitrogens with zero attached hydrogens (tertiary/aromatic N) is 2. The van der Waals surface area contributed by atoms with E-state index in [-0.39, 0.29) is 0 Å². The Labute approximate surface area is 136 Å². The molecule has 3 aromatic rings. The van der Waals surface area contributed by atoms with Gasteiger partial charge in [0.05, 0.1) is 12.2 Å². The Balaban J connectivity index is 1.30. The Morgan fingerprint density at radius 1 is 1.17 bits per heavy atom. The smallest absolute Gasteiger partial charge is 0.117 e. The molecular weight excluding hydrogens is 286 g/mol. The molecule has 0 spiro atoms. The van der Waals surface area contributed by atoms with Crippen molar-refractivity contribution in [1.29, 1.82) is 0 Å². The fourth-order valence-corrected chi connectivity index (χ4v) is 2.93. The zero-order chi connectivity index (χ0) is 15.6. The summed E-state index contributed by atoms with van der Waals surface area (Å²) in [6, 6.07) is 14.6. The molecule has 1 aromatic carbocycles. The summed E-state index contributed by atoms with van der Waals surface area (Å²) < 4.78 is 7.77. The van der Waals surface area contributed by atoms with Crippen molar-refractivity contribution in [3.8, 4) is 5.69 Å². The molecule has 2 heterocycles. The first-order valence-electron chi connectivity index (χ1n) is 8.18. The van der Waals surface area contributed by atoms with E-state index >= 15 is 0 Å². The molecule has 0 aliphatic heterocycles. The van der Waals surface area contributed by atoms with E-state index in [0.717, 1.165) is 36.2 Å². The number of benzene rings is 1. The average molecular weight is 307 g/mol. The van der Waals surface area contributed by atoms with Crippen molar-refractivity contribution in [2.75, 3.05) is 0 Å². The van der Waals surface area contributed by atoms with E-state index in [1.54, 1.807) is 6.20 Å². The van der Waals surface area contributed by atoms with Gasteiger partial charge in [0.15, 0.2) is 0 Å². The van der Waals surface area contributed by atoms with Crippen LogP contribution in [0.25, 0.3) is 5.69 Å². The second-order valence-electron chi connectivity index (χ2n) is 6.34. The van der Waals surface area contributed by atoms with Gasteiger partial charge in [0.25, 0.3) is 0 Å². The van der Waals surface area contributed by atoms with Crippen LogP contribution in [0.4, 0.5) is 0 Å². The average Bonchev–Trinajstić information content (AvgIpc) is 3.02. The second kappa shape index (κ2) is 6.05. The molecule has 4 heteroatoms. The minimum atomic E-state index is 0.651. The van der Waals surface area contributed by atoms with E-state index in [1.807, 2.05) is 16.9 Å². The lowest BCUT2D eigenvalue weighted by Gasteiger charge is -2.05. The predicted molar refractivity (Wildman–Crippen MR) is 89.3 cm³/mol. The maximum atomic E-state index is 5.91. The molecule has 4 rings (SSSR count). The van der Waals surface area contributed by atoms with Crippen molar-refractivity contribution in [3.63, 3.8) is 0 Å². The fourth-order valence-electron chi connectivity index (χ4n) is 2.93. The van der Waals surface area contributed by atoms with Crippen molar-refractivity contribution in [3.05, 3.63) is 71.9 Å². The molecule has 23 heavy (non-hydrogen) atoms. The largest absolute Gasteiger partial charge is 0.464 e. The van der Waals surface area contributed by atoms with E-state index in [0.29, 0.717) is 5.92 Å². The van der Waals surface area contributed by atoms with Gasteiger partial charge in [-0.05, 0) is 48.2 Å². The van der Waals surface area contributed by atoms with Crippen molar-refractivity contribution in [2.24, 2.45) is 5.92 Å². The molecule has 4 nitrogen and oxygen atoms in total. The summed E-state index contributed by atoms with van der Waals surface area (Å²) in [6.45, 7) is 3.87. The molecule has 2 unspecified atom stereocenters. The molecule has 118 valence electrons. The third-order valence-electron chi connectivity index (χ3n) is 4.49. The first kappa shape index (κ1) is 14.3. The SMILES string of the molecule is CC1CC1c1ccc(CNCc2ccc(-n3cccn3)cc2)o1. The molecule has 0 bridgehead atoms. The van der Waals surface area contributed by atoms with Crippen LogP contribution >= 0.6 is 0 Å². The third-order valence-corrected chi connectivity index (χ3v) is 4.49. The standard InChI is InChI=1S/C19H21N3O/c1-14-11-18(14)19-8-7-17(23-19)13-20-12-15-3-5-16(6-4-15)22-10-2-9-21-22/h2-10,14,18,20H,11-13H2,1H3. The lowest BCUT2D eigenvalue weighted by atomic mass is 10.2. The summed E-state index contributed by atoms with van der Waals surface area (Å²) in [5.74, 6) is 3.61. The van der Waals surface area contributed by atoms with Crippen LogP contribution in [0.2, 0.25) is 0 Å². The van der Waals surface area contributed by atoms with Crippen molar-refractivity contribution >= 4 is 0 Å². The van der Waals surface area contributed by atoms with Crippen LogP contribution in [0.15, 0.2) is 59.3 Å². The number of nitrogens with one attached hydrogen (secondary N) is 1. The van der Waals surface area contributed by atoms with Crippen LogP contribution in [-0.4, -0.2) is 9.78 Å². The van der Waals surface area contributed by atoms with Gasteiger partial charge < -0.3 is 9.73 Å². The number of rotatable bonds is 6. The van der Waals surface area contributed by atoms with Crippen molar-refractivity contribution in [1.82, 2.24) is 15.1 Å². The maximum absolute atomic E-state index is 5.91. The Morgan fingerprint density at radius 3 is 2.70 bits per heavy atom. The minimum Gasteiger partial charge on any atom is -0.464 e. The molecule has 1 N–H and O–H groups in total. The van der Waals surface area contributed by atoms with Crippen molar-refractivity contribution < 1.29 is 4.42 Å². The first-order chi connectivity index (χ1) is 11.3. The number of furan rings is 1. The van der Waals surface area contributed by atoms with E-state index < -0.39 is 0 Å². The van der Waals surface area contributed by atoms with Gasteiger partial charge in [0.2, 0.25) is 0 Å². The van der Waals surface area contributed by atoms with Crippen LogP contribution in [0, 0.1) is 5.92 Å². The van der Waals surface area contributed by atoms with Gasteiger partial charge in [0, 0.05) is 24.9 Å². The molecular formula is C19H21N3O. The second-order valence-corrected chi connectivity index (χ2v) is 6.34. The third kappa shape index (κ3) is 3.22. The van der Waals surface area contributed by atoms with Crippen LogP contribution in [0.1, 0.15) is 36.3 Å². The summed E-state index contributed by atoms with van der Waals surface area (Å²) >= 11 is 0. The normalized spacial score (nSPS) is 19.9. The summed E-state index contributed by atoms with van der Waals surface area (Å²) in [5, 5.41) is 7.67. The van der Waals surface area contributed by atoms with E-state index in [9.17, 15) is 0 Å². The van der Waals surface area contributed by atoms with Crippen LogP contribution < -0.4 is 5.32 Å². The number of aromatic nitrogens is 2. The highest BCUT2D eigenvalue weighted by atomic mass is 16.3. The summed E-state index contributed by atoms with van der Waals surface area (Å²) in [6.07, 6.45) is 5.00. The molecule has 2 atom stereocenters. The van der Waals surface area contributed by atoms with Crippen molar-refractivity contribution in [2.45, 2.75) is 32.4 Å². The quantitative estimate of drug-likeness (QED) is 0.751.